The van der Waals surface area contributed by atoms with Crippen LogP contribution in [0.5, 0.6) is 0 Å². The zero-order chi connectivity index (χ0) is 16.6. The molecular formula is C13H23NO7. The Morgan fingerprint density at radius 3 is 1.90 bits per heavy atom. The van der Waals surface area contributed by atoms with Gasteiger partial charge in [-0.15, -0.1) is 0 Å². The van der Waals surface area contributed by atoms with E-state index in [1.165, 1.54) is 0 Å². The Morgan fingerprint density at radius 2 is 1.57 bits per heavy atom. The molecule has 0 aromatic rings. The van der Waals surface area contributed by atoms with E-state index in [2.05, 4.69) is 14.8 Å². The lowest BCUT2D eigenvalue weighted by atomic mass is 10.0. The number of nitrogens with one attached hydrogen (secondary N) is 1. The van der Waals surface area contributed by atoms with Crippen molar-refractivity contribution in [1.82, 2.24) is 5.32 Å². The molecule has 2 N–H and O–H groups in total. The fourth-order valence-electron chi connectivity index (χ4n) is 1.51. The first kappa shape index (κ1) is 19.2. The van der Waals surface area contributed by atoms with Crippen LogP contribution in [0.1, 0.15) is 27.2 Å². The van der Waals surface area contributed by atoms with Gasteiger partial charge in [0.2, 0.25) is 0 Å². The average Bonchev–Trinajstić information content (AvgIpc) is 2.39. The van der Waals surface area contributed by atoms with Crippen LogP contribution in [0.15, 0.2) is 0 Å². The van der Waals surface area contributed by atoms with E-state index in [1.807, 2.05) is 0 Å². The van der Waals surface area contributed by atoms with Crippen molar-refractivity contribution < 1.29 is 33.7 Å². The van der Waals surface area contributed by atoms with Crippen molar-refractivity contribution in [1.29, 1.82) is 0 Å². The van der Waals surface area contributed by atoms with Gasteiger partial charge in [0.15, 0.2) is 5.92 Å². The van der Waals surface area contributed by atoms with Crippen molar-refractivity contribution in [3.63, 3.8) is 0 Å². The molecule has 8 nitrogen and oxygen atoms in total. The minimum Gasteiger partial charge on any atom is -0.468 e. The molecule has 0 aromatic heterocycles. The predicted molar refractivity (Wildman–Crippen MR) is 72.4 cm³/mol. The normalized spacial score (nSPS) is 12.5. The van der Waals surface area contributed by atoms with E-state index in [0.29, 0.717) is 0 Å². The lowest BCUT2D eigenvalue weighted by Gasteiger charge is -2.24. The van der Waals surface area contributed by atoms with Crippen LogP contribution in [0, 0.1) is 5.92 Å². The van der Waals surface area contributed by atoms with Gasteiger partial charge in [0.1, 0.15) is 5.60 Å². The Morgan fingerprint density at radius 1 is 1.10 bits per heavy atom. The first-order valence-electron chi connectivity index (χ1n) is 6.40. The van der Waals surface area contributed by atoms with Crippen LogP contribution in [-0.2, 0) is 23.8 Å². The van der Waals surface area contributed by atoms with Gasteiger partial charge in [-0.1, -0.05) is 0 Å². The number of alkyl carbamates (subject to hydrolysis) is 1. The number of hydrogen-bond donors (Lipinski definition) is 2. The maximum Gasteiger partial charge on any atom is 0.407 e. The molecule has 0 saturated heterocycles. The number of carbonyl (C=O) groups excluding carboxylic acids is 3. The molecule has 122 valence electrons. The lowest BCUT2D eigenvalue weighted by molar-refractivity contribution is -0.159. The number of ether oxygens (including phenoxy) is 3. The number of aliphatic hydroxyl groups excluding tert-OH is 1. The van der Waals surface area contributed by atoms with Gasteiger partial charge in [0.05, 0.1) is 26.9 Å². The smallest absolute Gasteiger partial charge is 0.407 e. The summed E-state index contributed by atoms with van der Waals surface area (Å²) in [5.41, 5.74) is -0.700. The highest BCUT2D eigenvalue weighted by Gasteiger charge is 2.32. The van der Waals surface area contributed by atoms with Crippen LogP contribution in [0.25, 0.3) is 0 Å². The number of amides is 1. The topological polar surface area (TPSA) is 111 Å². The highest BCUT2D eigenvalue weighted by molar-refractivity contribution is 5.94. The molecular weight excluding hydrogens is 282 g/mol. The predicted octanol–water partition coefficient (Wildman–Crippen LogP) is 0.224. The molecule has 0 heterocycles. The lowest BCUT2D eigenvalue weighted by Crippen LogP contribution is -2.44. The van der Waals surface area contributed by atoms with Crippen molar-refractivity contribution in [3.05, 3.63) is 0 Å². The van der Waals surface area contributed by atoms with Crippen molar-refractivity contribution in [2.75, 3.05) is 20.8 Å². The maximum absolute atomic E-state index is 11.6. The summed E-state index contributed by atoms with van der Waals surface area (Å²) in [5, 5.41) is 11.6. The van der Waals surface area contributed by atoms with E-state index in [-0.39, 0.29) is 6.42 Å². The summed E-state index contributed by atoms with van der Waals surface area (Å²) < 4.78 is 14.0. The number of esters is 2. The van der Waals surface area contributed by atoms with Gasteiger partial charge in [-0.3, -0.25) is 9.59 Å². The van der Waals surface area contributed by atoms with Gasteiger partial charge in [0, 0.05) is 0 Å². The monoisotopic (exact) mass is 305 g/mol. The van der Waals surface area contributed by atoms with Gasteiger partial charge < -0.3 is 24.6 Å². The van der Waals surface area contributed by atoms with Crippen LogP contribution in [0.2, 0.25) is 0 Å². The van der Waals surface area contributed by atoms with Crippen LogP contribution >= 0.6 is 0 Å². The summed E-state index contributed by atoms with van der Waals surface area (Å²) in [6, 6.07) is -0.844. The molecule has 0 aliphatic carbocycles. The standard InChI is InChI=1S/C13H23NO7/c1-13(2,3)21-12(18)14-8(7-15)6-9(10(16)19-4)11(17)20-5/h8-9,15H,6-7H2,1-5H3,(H,14,18)/t8-/m1/s1. The van der Waals surface area contributed by atoms with Crippen molar-refractivity contribution in [2.45, 2.75) is 38.8 Å². The fraction of sp³-hybridized carbons (Fsp3) is 0.769. The molecule has 8 heteroatoms. The second-order valence-electron chi connectivity index (χ2n) is 5.36. The quantitative estimate of drug-likeness (QED) is 0.410. The van der Waals surface area contributed by atoms with E-state index in [4.69, 9.17) is 4.74 Å². The Labute approximate surface area is 123 Å². The Hall–Kier alpha value is -1.83. The molecule has 0 aliphatic rings. The third-order valence-corrected chi connectivity index (χ3v) is 2.43. The average molecular weight is 305 g/mol. The minimum absolute atomic E-state index is 0.158. The molecule has 0 fully saturated rings. The van der Waals surface area contributed by atoms with E-state index in [0.717, 1.165) is 14.2 Å². The summed E-state index contributed by atoms with van der Waals surface area (Å²) in [5.74, 6) is -2.83. The summed E-state index contributed by atoms with van der Waals surface area (Å²) in [7, 11) is 2.26. The Bertz CT molecular complexity index is 359. The molecule has 0 bridgehead atoms. The van der Waals surface area contributed by atoms with E-state index >= 15 is 0 Å². The van der Waals surface area contributed by atoms with Gasteiger partial charge in [0.25, 0.3) is 0 Å². The summed E-state index contributed by atoms with van der Waals surface area (Å²) in [6.07, 6.45) is -0.912. The number of hydrogen-bond acceptors (Lipinski definition) is 7. The van der Waals surface area contributed by atoms with Gasteiger partial charge in [-0.25, -0.2) is 4.79 Å². The zero-order valence-corrected chi connectivity index (χ0v) is 13.0. The number of carbonyl (C=O) groups is 3. The highest BCUT2D eigenvalue weighted by Crippen LogP contribution is 2.12. The largest absolute Gasteiger partial charge is 0.468 e. The Kier molecular flexibility index (Phi) is 7.72. The SMILES string of the molecule is COC(=O)C(C[C@H](CO)NC(=O)OC(C)(C)C)C(=O)OC. The van der Waals surface area contributed by atoms with E-state index in [9.17, 15) is 19.5 Å². The molecule has 0 spiro atoms. The summed E-state index contributed by atoms with van der Waals surface area (Å²) in [6.45, 7) is 4.59. The Balaban J connectivity index is 4.75. The molecule has 0 saturated carbocycles. The number of rotatable bonds is 6. The van der Waals surface area contributed by atoms with Crippen molar-refractivity contribution in [3.8, 4) is 0 Å². The van der Waals surface area contributed by atoms with Crippen LogP contribution in [-0.4, -0.2) is 55.6 Å². The molecule has 1 atom stereocenters. The zero-order valence-electron chi connectivity index (χ0n) is 13.0. The summed E-state index contributed by atoms with van der Waals surface area (Å²) in [4.78, 5) is 34.7. The number of methoxy groups -OCH3 is 2. The number of aliphatic hydroxyl groups is 1. The maximum atomic E-state index is 11.6. The molecule has 0 unspecified atom stereocenters. The summed E-state index contributed by atoms with van der Waals surface area (Å²) >= 11 is 0. The third kappa shape index (κ3) is 7.50. The molecule has 1 amide bonds. The van der Waals surface area contributed by atoms with Crippen LogP contribution in [0.3, 0.4) is 0 Å². The third-order valence-electron chi connectivity index (χ3n) is 2.43. The first-order chi connectivity index (χ1) is 9.64. The van der Waals surface area contributed by atoms with E-state index < -0.39 is 42.2 Å². The second kappa shape index (κ2) is 8.46. The van der Waals surface area contributed by atoms with Crippen molar-refractivity contribution in [2.24, 2.45) is 5.92 Å². The van der Waals surface area contributed by atoms with Gasteiger partial charge in [-0.2, -0.15) is 0 Å². The second-order valence-corrected chi connectivity index (χ2v) is 5.36. The molecule has 0 aromatic carbocycles. The van der Waals surface area contributed by atoms with Crippen LogP contribution in [0.4, 0.5) is 4.79 Å². The molecule has 0 aliphatic heterocycles. The first-order valence-corrected chi connectivity index (χ1v) is 6.40. The molecule has 21 heavy (non-hydrogen) atoms. The van der Waals surface area contributed by atoms with Gasteiger partial charge in [-0.05, 0) is 27.2 Å². The van der Waals surface area contributed by atoms with Gasteiger partial charge >= 0.3 is 18.0 Å². The molecule has 0 rings (SSSR count). The minimum atomic E-state index is -1.23. The highest BCUT2D eigenvalue weighted by atomic mass is 16.6. The van der Waals surface area contributed by atoms with Crippen LogP contribution < -0.4 is 5.32 Å². The molecule has 0 radical (unpaired) electrons. The van der Waals surface area contributed by atoms with E-state index in [1.54, 1.807) is 20.8 Å². The fourth-order valence-corrected chi connectivity index (χ4v) is 1.51. The van der Waals surface area contributed by atoms with Crippen molar-refractivity contribution >= 4 is 18.0 Å².